The molecule has 0 saturated carbocycles. The Balaban J connectivity index is 2.11. The van der Waals surface area contributed by atoms with E-state index in [1.165, 1.54) is 6.33 Å². The van der Waals surface area contributed by atoms with Crippen LogP contribution in [0.4, 0.5) is 0 Å². The number of hydrogen-bond donors (Lipinski definition) is 1. The van der Waals surface area contributed by atoms with Crippen LogP contribution in [0.3, 0.4) is 0 Å². The van der Waals surface area contributed by atoms with Gasteiger partial charge in [-0.3, -0.25) is 9.89 Å². The number of carbonyl (C=O) groups excluding carboxylic acids is 1. The second-order valence-corrected chi connectivity index (χ2v) is 4.05. The summed E-state index contributed by atoms with van der Waals surface area (Å²) in [5.41, 5.74) is 1.11. The van der Waals surface area contributed by atoms with Gasteiger partial charge in [-0.25, -0.2) is 4.98 Å². The highest BCUT2D eigenvalue weighted by Crippen LogP contribution is 2.07. The molecule has 0 bridgehead atoms. The number of H-pyrrole nitrogens is 1. The maximum Gasteiger partial charge on any atom is 0.291 e. The molecular weight excluding hydrogens is 228 g/mol. The smallest absolute Gasteiger partial charge is 0.291 e. The molecule has 1 aromatic heterocycles. The monoisotopic (exact) mass is 244 g/mol. The minimum atomic E-state index is -0.113. The van der Waals surface area contributed by atoms with E-state index in [0.29, 0.717) is 18.9 Å². The van der Waals surface area contributed by atoms with Gasteiger partial charge >= 0.3 is 0 Å². The van der Waals surface area contributed by atoms with E-state index in [9.17, 15) is 4.79 Å². The topological polar surface area (TPSA) is 61.9 Å². The van der Waals surface area contributed by atoms with Crippen molar-refractivity contribution in [2.75, 3.05) is 6.54 Å². The van der Waals surface area contributed by atoms with Crippen molar-refractivity contribution in [2.45, 2.75) is 19.9 Å². The molecule has 0 fully saturated rings. The summed E-state index contributed by atoms with van der Waals surface area (Å²) in [5.74, 6) is 0.178. The van der Waals surface area contributed by atoms with Crippen LogP contribution in [0.25, 0.3) is 0 Å². The molecule has 0 aliphatic rings. The number of benzene rings is 1. The molecule has 2 rings (SSSR count). The molecule has 0 saturated heterocycles. The predicted octanol–water partition coefficient (Wildman–Crippen LogP) is 1.86. The summed E-state index contributed by atoms with van der Waals surface area (Å²) in [6, 6.07) is 9.93. The molecule has 1 heterocycles. The summed E-state index contributed by atoms with van der Waals surface area (Å²) in [5, 5.41) is 6.32. The van der Waals surface area contributed by atoms with Gasteiger partial charge in [0.2, 0.25) is 5.82 Å². The van der Waals surface area contributed by atoms with Gasteiger partial charge in [-0.05, 0) is 12.0 Å². The fraction of sp³-hybridized carbons (Fsp3) is 0.308. The Morgan fingerprint density at radius 3 is 2.72 bits per heavy atom. The SMILES string of the molecule is CCCN(Cc1ccccc1)C(=O)c1ncn[nH]1. The number of hydrogen-bond acceptors (Lipinski definition) is 3. The first-order valence-corrected chi connectivity index (χ1v) is 6.00. The molecule has 5 nitrogen and oxygen atoms in total. The van der Waals surface area contributed by atoms with Gasteiger partial charge in [-0.15, -0.1) is 0 Å². The molecule has 0 spiro atoms. The minimum absolute atomic E-state index is 0.113. The summed E-state index contributed by atoms with van der Waals surface area (Å²) < 4.78 is 0. The fourth-order valence-corrected chi connectivity index (χ4v) is 1.78. The van der Waals surface area contributed by atoms with Crippen LogP contribution in [0.5, 0.6) is 0 Å². The lowest BCUT2D eigenvalue weighted by Crippen LogP contribution is -2.32. The summed E-state index contributed by atoms with van der Waals surface area (Å²) in [6.07, 6.45) is 2.26. The van der Waals surface area contributed by atoms with E-state index >= 15 is 0 Å². The first kappa shape index (κ1) is 12.3. The lowest BCUT2D eigenvalue weighted by molar-refractivity contribution is 0.0731. The number of amides is 1. The normalized spacial score (nSPS) is 10.3. The molecule has 1 amide bonds. The molecule has 0 unspecified atom stereocenters. The van der Waals surface area contributed by atoms with Crippen molar-refractivity contribution in [3.63, 3.8) is 0 Å². The summed E-state index contributed by atoms with van der Waals surface area (Å²) in [7, 11) is 0. The van der Waals surface area contributed by atoms with Crippen LogP contribution >= 0.6 is 0 Å². The van der Waals surface area contributed by atoms with E-state index < -0.39 is 0 Å². The Bertz CT molecular complexity index is 481. The minimum Gasteiger partial charge on any atom is -0.332 e. The van der Waals surface area contributed by atoms with Gasteiger partial charge in [0.15, 0.2) is 0 Å². The molecule has 2 aromatic rings. The van der Waals surface area contributed by atoms with Gasteiger partial charge in [0.1, 0.15) is 6.33 Å². The lowest BCUT2D eigenvalue weighted by atomic mass is 10.2. The summed E-state index contributed by atoms with van der Waals surface area (Å²) >= 11 is 0. The fourth-order valence-electron chi connectivity index (χ4n) is 1.78. The van der Waals surface area contributed by atoms with Crippen LogP contribution in [0.15, 0.2) is 36.7 Å². The van der Waals surface area contributed by atoms with Crippen molar-refractivity contribution >= 4 is 5.91 Å². The van der Waals surface area contributed by atoms with E-state index in [1.54, 1.807) is 4.90 Å². The third-order valence-electron chi connectivity index (χ3n) is 2.61. The van der Waals surface area contributed by atoms with Crippen molar-refractivity contribution in [3.05, 3.63) is 48.0 Å². The van der Waals surface area contributed by atoms with Gasteiger partial charge in [0.25, 0.3) is 5.91 Å². The van der Waals surface area contributed by atoms with Crippen molar-refractivity contribution in [1.82, 2.24) is 20.1 Å². The second-order valence-electron chi connectivity index (χ2n) is 4.05. The van der Waals surface area contributed by atoms with Crippen LogP contribution in [0, 0.1) is 0 Å². The summed E-state index contributed by atoms with van der Waals surface area (Å²) in [6.45, 7) is 3.34. The molecule has 5 heteroatoms. The standard InChI is InChI=1S/C13H16N4O/c1-2-8-17(9-11-6-4-3-5-7-11)13(18)12-14-10-15-16-12/h3-7,10H,2,8-9H2,1H3,(H,14,15,16). The number of aromatic nitrogens is 3. The maximum atomic E-state index is 12.2. The lowest BCUT2D eigenvalue weighted by Gasteiger charge is -2.20. The number of nitrogens with one attached hydrogen (secondary N) is 1. The van der Waals surface area contributed by atoms with Crippen molar-refractivity contribution in [2.24, 2.45) is 0 Å². The van der Waals surface area contributed by atoms with Crippen LogP contribution in [-0.4, -0.2) is 32.5 Å². The Hall–Kier alpha value is -2.17. The highest BCUT2D eigenvalue weighted by molar-refractivity contribution is 5.90. The number of rotatable bonds is 5. The van der Waals surface area contributed by atoms with Crippen LogP contribution in [-0.2, 0) is 6.54 Å². The zero-order valence-corrected chi connectivity index (χ0v) is 10.3. The zero-order valence-electron chi connectivity index (χ0n) is 10.3. The predicted molar refractivity (Wildman–Crippen MR) is 67.9 cm³/mol. The van der Waals surface area contributed by atoms with E-state index in [-0.39, 0.29) is 5.91 Å². The molecule has 0 atom stereocenters. The third kappa shape index (κ3) is 2.94. The van der Waals surface area contributed by atoms with Crippen molar-refractivity contribution < 1.29 is 4.79 Å². The Morgan fingerprint density at radius 1 is 1.33 bits per heavy atom. The van der Waals surface area contributed by atoms with Gasteiger partial charge in [-0.2, -0.15) is 5.10 Å². The van der Waals surface area contributed by atoms with Crippen LogP contribution < -0.4 is 0 Å². The highest BCUT2D eigenvalue weighted by Gasteiger charge is 2.17. The van der Waals surface area contributed by atoms with Crippen LogP contribution in [0.2, 0.25) is 0 Å². The zero-order chi connectivity index (χ0) is 12.8. The third-order valence-corrected chi connectivity index (χ3v) is 2.61. The molecule has 0 aliphatic carbocycles. The van der Waals surface area contributed by atoms with Crippen molar-refractivity contribution in [1.29, 1.82) is 0 Å². The molecule has 0 radical (unpaired) electrons. The first-order chi connectivity index (χ1) is 8.81. The quantitative estimate of drug-likeness (QED) is 0.873. The average molecular weight is 244 g/mol. The number of aromatic amines is 1. The maximum absolute atomic E-state index is 12.2. The van der Waals surface area contributed by atoms with Gasteiger partial charge < -0.3 is 4.90 Å². The highest BCUT2D eigenvalue weighted by atomic mass is 16.2. The summed E-state index contributed by atoms with van der Waals surface area (Å²) in [4.78, 5) is 17.9. The van der Waals surface area contributed by atoms with Crippen molar-refractivity contribution in [3.8, 4) is 0 Å². The van der Waals surface area contributed by atoms with E-state index in [2.05, 4.69) is 15.2 Å². The average Bonchev–Trinajstić information content (AvgIpc) is 2.92. The Kier molecular flexibility index (Phi) is 4.06. The first-order valence-electron chi connectivity index (χ1n) is 6.00. The van der Waals surface area contributed by atoms with Crippen LogP contribution in [0.1, 0.15) is 29.5 Å². The Labute approximate surface area is 106 Å². The van der Waals surface area contributed by atoms with Gasteiger partial charge in [0, 0.05) is 13.1 Å². The number of carbonyl (C=O) groups is 1. The number of nitrogens with zero attached hydrogens (tertiary/aromatic N) is 3. The van der Waals surface area contributed by atoms with Gasteiger partial charge in [0.05, 0.1) is 0 Å². The van der Waals surface area contributed by atoms with E-state index in [4.69, 9.17) is 0 Å². The van der Waals surface area contributed by atoms with E-state index in [1.807, 2.05) is 37.3 Å². The molecule has 94 valence electrons. The molecule has 18 heavy (non-hydrogen) atoms. The van der Waals surface area contributed by atoms with Gasteiger partial charge in [-0.1, -0.05) is 37.3 Å². The molecular formula is C13H16N4O. The van der Waals surface area contributed by atoms with E-state index in [0.717, 1.165) is 12.0 Å². The second kappa shape index (κ2) is 5.95. The molecule has 1 aromatic carbocycles. The Morgan fingerprint density at radius 2 is 2.11 bits per heavy atom. The largest absolute Gasteiger partial charge is 0.332 e. The molecule has 1 N–H and O–H groups in total. The molecule has 0 aliphatic heterocycles.